The molecule has 1 aliphatic rings. The number of nitrogens with zero attached hydrogens (tertiary/aromatic N) is 3. The average molecular weight is 561 g/mol. The minimum Gasteiger partial charge on any atom is -0.507 e. The number of phenols is 1. The number of aromatic hydroxyl groups is 1. The van der Waals surface area contributed by atoms with Crippen LogP contribution in [-0.2, 0) is 11.3 Å². The predicted octanol–water partition coefficient (Wildman–Crippen LogP) is 6.02. The third-order valence-electron chi connectivity index (χ3n) is 4.26. The van der Waals surface area contributed by atoms with Crippen LogP contribution in [-0.4, -0.2) is 27.3 Å². The lowest BCUT2D eigenvalue weighted by atomic mass is 10.2. The van der Waals surface area contributed by atoms with Crippen molar-refractivity contribution in [2.75, 3.05) is 0 Å². The highest BCUT2D eigenvalue weighted by Gasteiger charge is 2.34. The first-order valence-electron chi connectivity index (χ1n) is 9.08. The molecule has 3 aromatic rings. The Bertz CT molecular complexity index is 1210. The van der Waals surface area contributed by atoms with Crippen LogP contribution in [0.25, 0.3) is 6.08 Å². The van der Waals surface area contributed by atoms with Gasteiger partial charge in [-0.05, 0) is 65.9 Å². The Morgan fingerprint density at radius 3 is 2.71 bits per heavy atom. The lowest BCUT2D eigenvalue weighted by Crippen LogP contribution is -2.28. The van der Waals surface area contributed by atoms with Gasteiger partial charge in [-0.25, -0.2) is 0 Å². The summed E-state index contributed by atoms with van der Waals surface area (Å²) in [6.45, 7) is 0.241. The van der Waals surface area contributed by atoms with E-state index in [0.29, 0.717) is 21.4 Å². The van der Waals surface area contributed by atoms with E-state index in [1.54, 1.807) is 36.6 Å². The second-order valence-electron chi connectivity index (χ2n) is 6.47. The van der Waals surface area contributed by atoms with E-state index in [4.69, 9.17) is 4.42 Å². The van der Waals surface area contributed by atoms with Crippen molar-refractivity contribution in [3.05, 3.63) is 91.6 Å². The average Bonchev–Trinajstić information content (AvgIpc) is 3.35. The monoisotopic (exact) mass is 559 g/mol. The van der Waals surface area contributed by atoms with Gasteiger partial charge in [0.1, 0.15) is 11.5 Å². The molecule has 4 rings (SSSR count). The van der Waals surface area contributed by atoms with E-state index >= 15 is 0 Å². The van der Waals surface area contributed by atoms with Crippen LogP contribution in [0.15, 0.2) is 89.3 Å². The molecule has 0 radical (unpaired) electrons. The molecule has 156 valence electrons. The summed E-state index contributed by atoms with van der Waals surface area (Å²) >= 11 is 8.05. The number of carbonyl (C=O) groups excluding carboxylic acids is 1. The molecule has 0 bridgehead atoms. The van der Waals surface area contributed by atoms with E-state index in [-0.39, 0.29) is 18.2 Å². The number of phenolic OH excluding ortho intramolecular Hbond substituents is 1. The summed E-state index contributed by atoms with van der Waals surface area (Å²) in [5, 5.41) is 18.7. The summed E-state index contributed by atoms with van der Waals surface area (Å²) in [7, 11) is 0. The molecule has 0 saturated carbocycles. The Hall–Kier alpha value is -2.62. The fraction of sp³-hybridized carbons (Fsp3) is 0.0455. The van der Waals surface area contributed by atoms with Crippen LogP contribution in [0.2, 0.25) is 0 Å². The number of rotatable bonds is 5. The van der Waals surface area contributed by atoms with Gasteiger partial charge < -0.3 is 9.52 Å². The van der Waals surface area contributed by atoms with Crippen molar-refractivity contribution in [3.8, 4) is 5.75 Å². The summed E-state index contributed by atoms with van der Waals surface area (Å²) < 4.78 is 7.14. The minimum absolute atomic E-state index is 0.0879. The van der Waals surface area contributed by atoms with E-state index < -0.39 is 0 Å². The van der Waals surface area contributed by atoms with Crippen molar-refractivity contribution in [3.63, 3.8) is 0 Å². The second-order valence-corrected chi connectivity index (χ2v) is 9.31. The van der Waals surface area contributed by atoms with Crippen LogP contribution < -0.4 is 0 Å². The number of amidine groups is 1. The Balaban J connectivity index is 1.64. The minimum atomic E-state index is -0.180. The summed E-state index contributed by atoms with van der Waals surface area (Å²) in [6.07, 6.45) is 4.82. The number of carbonyl (C=O) groups is 1. The first-order valence-corrected chi connectivity index (χ1v) is 11.5. The molecule has 0 atom stereocenters. The third-order valence-corrected chi connectivity index (χ3v) is 6.24. The van der Waals surface area contributed by atoms with Gasteiger partial charge in [-0.1, -0.05) is 44.0 Å². The van der Waals surface area contributed by atoms with Gasteiger partial charge in [0.15, 0.2) is 5.17 Å². The molecule has 0 spiro atoms. The van der Waals surface area contributed by atoms with Crippen molar-refractivity contribution < 1.29 is 14.3 Å². The number of hydrogen-bond donors (Lipinski definition) is 1. The Labute approximate surface area is 199 Å². The van der Waals surface area contributed by atoms with Crippen LogP contribution in [0.1, 0.15) is 16.9 Å². The maximum atomic E-state index is 13.1. The van der Waals surface area contributed by atoms with Crippen molar-refractivity contribution in [1.82, 2.24) is 4.90 Å². The van der Waals surface area contributed by atoms with Crippen molar-refractivity contribution in [2.24, 2.45) is 10.2 Å². The maximum Gasteiger partial charge on any atom is 0.267 e. The van der Waals surface area contributed by atoms with Gasteiger partial charge in [0, 0.05) is 14.5 Å². The zero-order chi connectivity index (χ0) is 21.8. The standard InChI is InChI=1S/C22H15Br2N3O3S/c23-16-4-1-3-14(9-16)10-20-21(29)27(13-18-5-2-8-30-18)22(31-20)26-25-12-15-11-17(24)6-7-19(15)28/h1-12,28H,13H2/b20-10-,25-12-,26-22+. The molecular formula is C22H15Br2N3O3S. The largest absolute Gasteiger partial charge is 0.507 e. The summed E-state index contributed by atoms with van der Waals surface area (Å²) in [4.78, 5) is 15.1. The highest BCUT2D eigenvalue weighted by Crippen LogP contribution is 2.34. The molecular weight excluding hydrogens is 546 g/mol. The topological polar surface area (TPSA) is 78.4 Å². The summed E-state index contributed by atoms with van der Waals surface area (Å²) in [6, 6.07) is 16.3. The second kappa shape index (κ2) is 9.67. The molecule has 1 amide bonds. The Morgan fingerprint density at radius 1 is 1.10 bits per heavy atom. The SMILES string of the molecule is O=C1/C(=C/c2cccc(Br)c2)S/C(=N/N=C\c2cc(Br)ccc2O)N1Cc1ccco1. The fourth-order valence-corrected chi connectivity index (χ4v) is 4.53. The number of halogens is 2. The predicted molar refractivity (Wildman–Crippen MR) is 130 cm³/mol. The lowest BCUT2D eigenvalue weighted by molar-refractivity contribution is -0.122. The van der Waals surface area contributed by atoms with E-state index in [9.17, 15) is 9.90 Å². The molecule has 31 heavy (non-hydrogen) atoms. The lowest BCUT2D eigenvalue weighted by Gasteiger charge is -2.12. The van der Waals surface area contributed by atoms with Gasteiger partial charge in [-0.2, -0.15) is 5.10 Å². The first-order chi connectivity index (χ1) is 15.0. The van der Waals surface area contributed by atoms with E-state index in [1.807, 2.05) is 30.3 Å². The van der Waals surface area contributed by atoms with Crippen LogP contribution >= 0.6 is 43.6 Å². The van der Waals surface area contributed by atoms with Gasteiger partial charge in [0.2, 0.25) is 0 Å². The van der Waals surface area contributed by atoms with Gasteiger partial charge in [0.25, 0.3) is 5.91 Å². The zero-order valence-corrected chi connectivity index (χ0v) is 19.9. The highest BCUT2D eigenvalue weighted by atomic mass is 79.9. The molecule has 2 heterocycles. The Kier molecular flexibility index (Phi) is 6.74. The van der Waals surface area contributed by atoms with Crippen LogP contribution in [0.3, 0.4) is 0 Å². The van der Waals surface area contributed by atoms with E-state index in [2.05, 4.69) is 42.1 Å². The number of amides is 1. The molecule has 0 aliphatic carbocycles. The van der Waals surface area contributed by atoms with Gasteiger partial charge in [-0.3, -0.25) is 9.69 Å². The molecule has 1 aliphatic heterocycles. The quantitative estimate of drug-likeness (QED) is 0.235. The van der Waals surface area contributed by atoms with E-state index in [1.165, 1.54) is 22.9 Å². The van der Waals surface area contributed by atoms with Crippen molar-refractivity contribution in [1.29, 1.82) is 0 Å². The molecule has 0 unspecified atom stereocenters. The number of furan rings is 1. The fourth-order valence-electron chi connectivity index (χ4n) is 2.80. The van der Waals surface area contributed by atoms with Crippen molar-refractivity contribution >= 4 is 67.0 Å². The molecule has 1 saturated heterocycles. The molecule has 1 fully saturated rings. The number of hydrogen-bond acceptors (Lipinski definition) is 6. The maximum absolute atomic E-state index is 13.1. The third kappa shape index (κ3) is 5.36. The molecule has 9 heteroatoms. The Morgan fingerprint density at radius 2 is 1.94 bits per heavy atom. The van der Waals surface area contributed by atoms with Crippen LogP contribution in [0.4, 0.5) is 0 Å². The van der Waals surface area contributed by atoms with Gasteiger partial charge >= 0.3 is 0 Å². The molecule has 2 aromatic carbocycles. The van der Waals surface area contributed by atoms with E-state index in [0.717, 1.165) is 14.5 Å². The van der Waals surface area contributed by atoms with Crippen LogP contribution in [0.5, 0.6) is 5.75 Å². The van der Waals surface area contributed by atoms with Gasteiger partial charge in [-0.15, -0.1) is 5.10 Å². The molecule has 1 N–H and O–H groups in total. The van der Waals surface area contributed by atoms with Gasteiger partial charge in [0.05, 0.1) is 23.9 Å². The number of thioether (sulfide) groups is 1. The summed E-state index contributed by atoms with van der Waals surface area (Å²) in [5.41, 5.74) is 1.41. The van der Waals surface area contributed by atoms with Crippen LogP contribution in [0, 0.1) is 0 Å². The van der Waals surface area contributed by atoms with Crippen molar-refractivity contribution in [2.45, 2.75) is 6.54 Å². The molecule has 1 aromatic heterocycles. The zero-order valence-electron chi connectivity index (χ0n) is 15.9. The smallest absolute Gasteiger partial charge is 0.267 e. The first kappa shape index (κ1) is 21.6. The highest BCUT2D eigenvalue weighted by molar-refractivity contribution is 9.10. The normalized spacial score (nSPS) is 16.8. The number of benzene rings is 2. The molecule has 6 nitrogen and oxygen atoms in total. The summed E-state index contributed by atoms with van der Waals surface area (Å²) in [5.74, 6) is 0.546.